The SMILES string of the molecule is C.CC(C)([C@@H]1CCN(c2ncc(C(F)(F)F)cc2S(C)(=O)=O)C(=O)C1)S(=O)(=O)c1cccc(S(C)(=O)=O)c1. The van der Waals surface area contributed by atoms with Crippen LogP contribution in [-0.4, -0.2) is 59.9 Å². The Morgan fingerprint density at radius 3 is 2.03 bits per heavy atom. The molecule has 1 aliphatic rings. The minimum atomic E-state index is -4.85. The number of aromatic nitrogens is 1. The molecule has 1 aromatic heterocycles. The van der Waals surface area contributed by atoms with Gasteiger partial charge < -0.3 is 0 Å². The average molecular weight is 599 g/mol. The molecule has 1 aliphatic heterocycles. The van der Waals surface area contributed by atoms with Crippen LogP contribution in [0, 0.1) is 5.92 Å². The molecule has 15 heteroatoms. The fraction of sp³-hybridized carbons (Fsp3) is 0.478. The maximum atomic E-state index is 13.5. The van der Waals surface area contributed by atoms with Crippen molar-refractivity contribution in [3.63, 3.8) is 0 Å². The van der Waals surface area contributed by atoms with Gasteiger partial charge in [-0.25, -0.2) is 30.2 Å². The third-order valence-electron chi connectivity index (χ3n) is 6.46. The maximum absolute atomic E-state index is 13.5. The van der Waals surface area contributed by atoms with Crippen LogP contribution in [0.1, 0.15) is 39.7 Å². The lowest BCUT2D eigenvalue weighted by atomic mass is 9.85. The van der Waals surface area contributed by atoms with E-state index in [0.29, 0.717) is 18.5 Å². The zero-order chi connectivity index (χ0) is 28.2. The van der Waals surface area contributed by atoms with E-state index in [4.69, 9.17) is 0 Å². The summed E-state index contributed by atoms with van der Waals surface area (Å²) >= 11 is 0. The molecule has 1 amide bonds. The van der Waals surface area contributed by atoms with E-state index in [-0.39, 0.29) is 36.6 Å². The fourth-order valence-corrected chi connectivity index (χ4v) is 7.48. The van der Waals surface area contributed by atoms with Gasteiger partial charge in [0, 0.05) is 31.7 Å². The van der Waals surface area contributed by atoms with Crippen LogP contribution >= 0.6 is 0 Å². The van der Waals surface area contributed by atoms with E-state index in [1.807, 2.05) is 0 Å². The number of pyridine rings is 1. The number of rotatable bonds is 6. The van der Waals surface area contributed by atoms with E-state index in [1.54, 1.807) is 0 Å². The van der Waals surface area contributed by atoms with Crippen LogP contribution in [0.4, 0.5) is 19.0 Å². The predicted molar refractivity (Wildman–Crippen MR) is 135 cm³/mol. The minimum Gasteiger partial charge on any atom is -0.296 e. The highest BCUT2D eigenvalue weighted by atomic mass is 32.2. The molecule has 38 heavy (non-hydrogen) atoms. The summed E-state index contributed by atoms with van der Waals surface area (Å²) in [6, 6.07) is 5.29. The van der Waals surface area contributed by atoms with E-state index in [9.17, 15) is 43.2 Å². The molecule has 2 heterocycles. The third-order valence-corrected chi connectivity index (χ3v) is 11.3. The number of benzene rings is 1. The van der Waals surface area contributed by atoms with Crippen molar-refractivity contribution in [2.75, 3.05) is 24.0 Å². The lowest BCUT2D eigenvalue weighted by Crippen LogP contribution is -2.49. The van der Waals surface area contributed by atoms with Gasteiger partial charge in [-0.3, -0.25) is 9.69 Å². The molecule has 1 saturated heterocycles. The summed E-state index contributed by atoms with van der Waals surface area (Å²) in [5, 5.41) is 0. The topological polar surface area (TPSA) is 136 Å². The highest BCUT2D eigenvalue weighted by molar-refractivity contribution is 7.93. The number of hydrogen-bond acceptors (Lipinski definition) is 8. The molecule has 3 rings (SSSR count). The largest absolute Gasteiger partial charge is 0.417 e. The molecule has 212 valence electrons. The van der Waals surface area contributed by atoms with Crippen molar-refractivity contribution in [1.29, 1.82) is 0 Å². The van der Waals surface area contributed by atoms with Crippen LogP contribution in [0.15, 0.2) is 51.2 Å². The van der Waals surface area contributed by atoms with Crippen LogP contribution in [-0.2, 0) is 40.5 Å². The summed E-state index contributed by atoms with van der Waals surface area (Å²) in [5.74, 6) is -1.93. The van der Waals surface area contributed by atoms with Gasteiger partial charge in [0.05, 0.1) is 20.1 Å². The first-order valence-corrected chi connectivity index (χ1v) is 16.1. The Kier molecular flexibility index (Phi) is 8.53. The number of alkyl halides is 3. The zero-order valence-electron chi connectivity index (χ0n) is 20.3. The van der Waals surface area contributed by atoms with Gasteiger partial charge >= 0.3 is 6.18 Å². The summed E-state index contributed by atoms with van der Waals surface area (Å²) in [6.07, 6.45) is -3.07. The highest BCUT2D eigenvalue weighted by Crippen LogP contribution is 2.41. The highest BCUT2D eigenvalue weighted by Gasteiger charge is 2.46. The number of piperidine rings is 1. The van der Waals surface area contributed by atoms with E-state index >= 15 is 0 Å². The second kappa shape index (κ2) is 10.2. The lowest BCUT2D eigenvalue weighted by Gasteiger charge is -2.39. The first-order chi connectivity index (χ1) is 16.7. The number of carbonyl (C=O) groups excluding carboxylic acids is 1. The van der Waals surface area contributed by atoms with Crippen LogP contribution in [0.5, 0.6) is 0 Å². The third kappa shape index (κ3) is 6.04. The van der Waals surface area contributed by atoms with Gasteiger partial charge in [0.1, 0.15) is 4.90 Å². The van der Waals surface area contributed by atoms with Crippen molar-refractivity contribution < 1.29 is 43.2 Å². The fourth-order valence-electron chi connectivity index (χ4n) is 4.11. The number of amides is 1. The average Bonchev–Trinajstić information content (AvgIpc) is 2.77. The number of halogens is 3. The predicted octanol–water partition coefficient (Wildman–Crippen LogP) is 3.54. The van der Waals surface area contributed by atoms with Crippen molar-refractivity contribution in [2.24, 2.45) is 5.92 Å². The number of carbonyl (C=O) groups is 1. The van der Waals surface area contributed by atoms with Crippen molar-refractivity contribution >= 4 is 41.2 Å². The van der Waals surface area contributed by atoms with Gasteiger partial charge in [0.25, 0.3) is 0 Å². The van der Waals surface area contributed by atoms with Crippen molar-refractivity contribution in [2.45, 2.75) is 59.7 Å². The summed E-state index contributed by atoms with van der Waals surface area (Å²) < 4.78 is 113. The van der Waals surface area contributed by atoms with Crippen molar-refractivity contribution in [1.82, 2.24) is 4.98 Å². The smallest absolute Gasteiger partial charge is 0.296 e. The van der Waals surface area contributed by atoms with Gasteiger partial charge in [-0.15, -0.1) is 0 Å². The van der Waals surface area contributed by atoms with E-state index in [1.165, 1.54) is 32.0 Å². The monoisotopic (exact) mass is 598 g/mol. The summed E-state index contributed by atoms with van der Waals surface area (Å²) in [7, 11) is -12.0. The minimum absolute atomic E-state index is 0. The first-order valence-electron chi connectivity index (χ1n) is 10.8. The van der Waals surface area contributed by atoms with Crippen LogP contribution < -0.4 is 4.90 Å². The summed E-state index contributed by atoms with van der Waals surface area (Å²) in [5.41, 5.74) is -1.29. The van der Waals surface area contributed by atoms with Gasteiger partial charge in [0.15, 0.2) is 35.3 Å². The summed E-state index contributed by atoms with van der Waals surface area (Å²) in [6.45, 7) is 2.62. The molecule has 0 spiro atoms. The molecule has 2 aromatic rings. The Morgan fingerprint density at radius 2 is 1.53 bits per heavy atom. The van der Waals surface area contributed by atoms with Gasteiger partial charge in [-0.05, 0) is 50.5 Å². The molecule has 1 atom stereocenters. The molecule has 0 radical (unpaired) electrons. The molecule has 0 unspecified atom stereocenters. The lowest BCUT2D eigenvalue weighted by molar-refractivity contribution is -0.138. The van der Waals surface area contributed by atoms with Crippen molar-refractivity contribution in [3.8, 4) is 0 Å². The normalized spacial score (nSPS) is 17.7. The van der Waals surface area contributed by atoms with Crippen LogP contribution in [0.25, 0.3) is 0 Å². The van der Waals surface area contributed by atoms with Gasteiger partial charge in [0.2, 0.25) is 5.91 Å². The number of nitrogens with zero attached hydrogens (tertiary/aromatic N) is 2. The second-order valence-electron chi connectivity index (χ2n) is 9.40. The van der Waals surface area contributed by atoms with Gasteiger partial charge in [-0.2, -0.15) is 13.2 Å². The molecule has 0 bridgehead atoms. The Hall–Kier alpha value is -2.52. The van der Waals surface area contributed by atoms with Gasteiger partial charge in [-0.1, -0.05) is 13.5 Å². The molecule has 0 saturated carbocycles. The quantitative estimate of drug-likeness (QED) is 0.493. The molecule has 9 nitrogen and oxygen atoms in total. The van der Waals surface area contributed by atoms with Crippen molar-refractivity contribution in [3.05, 3.63) is 42.1 Å². The van der Waals surface area contributed by atoms with Crippen LogP contribution in [0.3, 0.4) is 0 Å². The van der Waals surface area contributed by atoms with Crippen LogP contribution in [0.2, 0.25) is 0 Å². The zero-order valence-corrected chi connectivity index (χ0v) is 22.7. The first kappa shape index (κ1) is 31.7. The number of anilines is 1. The summed E-state index contributed by atoms with van der Waals surface area (Å²) in [4.78, 5) is 16.4. The number of hydrogen-bond donors (Lipinski definition) is 0. The molecule has 1 aromatic carbocycles. The molecule has 1 fully saturated rings. The maximum Gasteiger partial charge on any atom is 0.417 e. The standard InChI is InChI=1S/C22H25F3N2O7S3.CH4/c1-21(2,37(33,34)17-7-5-6-16(12-17)35(3,29)30)14-8-9-27(19(28)11-14)20-18(36(4,31)32)10-15(13-26-20)22(23,24)25;/h5-7,10,12-14H,8-9,11H2,1-4H3;1H4/t14-;/m1./s1. The molecular formula is C23H29F3N2O7S3. The Morgan fingerprint density at radius 1 is 0.947 bits per heavy atom. The second-order valence-corrected chi connectivity index (χ2v) is 15.9. The Balaban J connectivity index is 0.00000507. The molecular weight excluding hydrogens is 569 g/mol. The Bertz CT molecular complexity index is 1570. The number of sulfone groups is 3. The van der Waals surface area contributed by atoms with E-state index < -0.39 is 68.5 Å². The molecule has 0 aliphatic carbocycles. The van der Waals surface area contributed by atoms with E-state index in [2.05, 4.69) is 4.98 Å². The molecule has 0 N–H and O–H groups in total. The Labute approximate surface area is 220 Å². The van der Waals surface area contributed by atoms with E-state index in [0.717, 1.165) is 17.2 Å².